The molecule has 0 spiro atoms. The SMILES string of the molecule is COc1cnn(C)c1C(N)C1OCCC1C. The van der Waals surface area contributed by atoms with Gasteiger partial charge in [-0.3, -0.25) is 4.68 Å². The minimum atomic E-state index is -0.181. The number of hydrogen-bond donors (Lipinski definition) is 1. The largest absolute Gasteiger partial charge is 0.493 e. The highest BCUT2D eigenvalue weighted by atomic mass is 16.5. The Morgan fingerprint density at radius 2 is 2.44 bits per heavy atom. The summed E-state index contributed by atoms with van der Waals surface area (Å²) in [6, 6.07) is -0.181. The summed E-state index contributed by atoms with van der Waals surface area (Å²) in [5.41, 5.74) is 7.15. The van der Waals surface area contributed by atoms with Crippen LogP contribution in [0.25, 0.3) is 0 Å². The Bertz CT molecular complexity index is 364. The Kier molecular flexibility index (Phi) is 3.16. The Morgan fingerprint density at radius 3 is 3.00 bits per heavy atom. The molecule has 2 rings (SSSR count). The average Bonchev–Trinajstić information content (AvgIpc) is 2.83. The van der Waals surface area contributed by atoms with Gasteiger partial charge < -0.3 is 15.2 Å². The maximum atomic E-state index is 6.25. The maximum Gasteiger partial charge on any atom is 0.161 e. The quantitative estimate of drug-likeness (QED) is 0.828. The van der Waals surface area contributed by atoms with Gasteiger partial charge in [0.15, 0.2) is 5.75 Å². The number of rotatable bonds is 3. The third-order valence-corrected chi connectivity index (χ3v) is 3.28. The number of nitrogens with zero attached hydrogens (tertiary/aromatic N) is 2. The highest BCUT2D eigenvalue weighted by molar-refractivity contribution is 5.29. The van der Waals surface area contributed by atoms with E-state index in [4.69, 9.17) is 15.2 Å². The molecule has 1 aromatic heterocycles. The molecule has 0 aliphatic carbocycles. The maximum absolute atomic E-state index is 6.25. The molecule has 3 atom stereocenters. The molecule has 1 aromatic rings. The summed E-state index contributed by atoms with van der Waals surface area (Å²) >= 11 is 0. The normalized spacial score (nSPS) is 27.0. The van der Waals surface area contributed by atoms with E-state index >= 15 is 0 Å². The molecule has 1 aliphatic heterocycles. The van der Waals surface area contributed by atoms with Crippen LogP contribution in [0, 0.1) is 5.92 Å². The Morgan fingerprint density at radius 1 is 1.69 bits per heavy atom. The Labute approximate surface area is 95.5 Å². The van der Waals surface area contributed by atoms with Crippen molar-refractivity contribution in [3.8, 4) is 5.75 Å². The van der Waals surface area contributed by atoms with E-state index in [0.29, 0.717) is 5.92 Å². The Hall–Kier alpha value is -1.07. The van der Waals surface area contributed by atoms with Crippen molar-refractivity contribution in [2.24, 2.45) is 18.7 Å². The molecule has 1 aliphatic rings. The van der Waals surface area contributed by atoms with Crippen molar-refractivity contribution < 1.29 is 9.47 Å². The first-order valence-corrected chi connectivity index (χ1v) is 5.58. The Balaban J connectivity index is 2.25. The van der Waals surface area contributed by atoms with Crippen molar-refractivity contribution in [3.05, 3.63) is 11.9 Å². The van der Waals surface area contributed by atoms with Gasteiger partial charge in [-0.2, -0.15) is 5.10 Å². The smallest absolute Gasteiger partial charge is 0.161 e. The van der Waals surface area contributed by atoms with E-state index in [1.165, 1.54) is 0 Å². The van der Waals surface area contributed by atoms with Crippen molar-refractivity contribution >= 4 is 0 Å². The number of hydrogen-bond acceptors (Lipinski definition) is 4. The molecule has 5 nitrogen and oxygen atoms in total. The van der Waals surface area contributed by atoms with Gasteiger partial charge in [-0.25, -0.2) is 0 Å². The van der Waals surface area contributed by atoms with Crippen LogP contribution >= 0.6 is 0 Å². The van der Waals surface area contributed by atoms with E-state index in [0.717, 1.165) is 24.5 Å². The van der Waals surface area contributed by atoms with Crippen LogP contribution in [0.1, 0.15) is 25.1 Å². The summed E-state index contributed by atoms with van der Waals surface area (Å²) in [5, 5.41) is 4.16. The molecule has 90 valence electrons. The lowest BCUT2D eigenvalue weighted by Gasteiger charge is -2.23. The first-order chi connectivity index (χ1) is 7.65. The second kappa shape index (κ2) is 4.43. The van der Waals surface area contributed by atoms with Crippen LogP contribution in [0.15, 0.2) is 6.20 Å². The number of aromatic nitrogens is 2. The fourth-order valence-electron chi connectivity index (χ4n) is 2.30. The van der Waals surface area contributed by atoms with Crippen LogP contribution in [0.4, 0.5) is 0 Å². The molecule has 0 amide bonds. The second-order valence-electron chi connectivity index (χ2n) is 4.35. The summed E-state index contributed by atoms with van der Waals surface area (Å²) in [5.74, 6) is 1.22. The second-order valence-corrected chi connectivity index (χ2v) is 4.35. The van der Waals surface area contributed by atoms with Crippen molar-refractivity contribution in [2.45, 2.75) is 25.5 Å². The number of methoxy groups -OCH3 is 1. The van der Waals surface area contributed by atoms with E-state index in [9.17, 15) is 0 Å². The predicted octanol–water partition coefficient (Wildman–Crippen LogP) is 0.853. The van der Waals surface area contributed by atoms with Gasteiger partial charge in [-0.15, -0.1) is 0 Å². The molecule has 0 saturated carbocycles. The molecule has 0 radical (unpaired) electrons. The van der Waals surface area contributed by atoms with Crippen LogP contribution in [-0.2, 0) is 11.8 Å². The average molecular weight is 225 g/mol. The molecule has 1 fully saturated rings. The first kappa shape index (κ1) is 11.4. The fraction of sp³-hybridized carbons (Fsp3) is 0.727. The van der Waals surface area contributed by atoms with Gasteiger partial charge in [0.25, 0.3) is 0 Å². The summed E-state index contributed by atoms with van der Waals surface area (Å²) < 4.78 is 12.7. The van der Waals surface area contributed by atoms with Crippen molar-refractivity contribution in [3.63, 3.8) is 0 Å². The molecule has 1 saturated heterocycles. The fourth-order valence-corrected chi connectivity index (χ4v) is 2.30. The molecular formula is C11H19N3O2. The molecule has 0 aromatic carbocycles. The number of aryl methyl sites for hydroxylation is 1. The zero-order valence-electron chi connectivity index (χ0n) is 10.0. The molecule has 2 heterocycles. The predicted molar refractivity (Wildman–Crippen MR) is 60.2 cm³/mol. The molecule has 2 N–H and O–H groups in total. The zero-order valence-corrected chi connectivity index (χ0v) is 10.0. The molecule has 3 unspecified atom stereocenters. The molecular weight excluding hydrogens is 206 g/mol. The topological polar surface area (TPSA) is 62.3 Å². The van der Waals surface area contributed by atoms with Crippen LogP contribution in [0.5, 0.6) is 5.75 Å². The van der Waals surface area contributed by atoms with E-state index in [1.54, 1.807) is 18.0 Å². The lowest BCUT2D eigenvalue weighted by Crippen LogP contribution is -2.31. The molecule has 16 heavy (non-hydrogen) atoms. The van der Waals surface area contributed by atoms with E-state index in [-0.39, 0.29) is 12.1 Å². The number of nitrogens with two attached hydrogens (primary N) is 1. The van der Waals surface area contributed by atoms with E-state index in [2.05, 4.69) is 12.0 Å². The summed E-state index contributed by atoms with van der Waals surface area (Å²) in [7, 11) is 3.50. The van der Waals surface area contributed by atoms with Gasteiger partial charge in [-0.05, 0) is 12.3 Å². The first-order valence-electron chi connectivity index (χ1n) is 5.58. The van der Waals surface area contributed by atoms with E-state index in [1.807, 2.05) is 7.05 Å². The molecule has 0 bridgehead atoms. The summed E-state index contributed by atoms with van der Waals surface area (Å²) in [6.45, 7) is 2.96. The molecule has 5 heteroatoms. The van der Waals surface area contributed by atoms with Crippen LogP contribution in [-0.4, -0.2) is 29.6 Å². The van der Waals surface area contributed by atoms with Crippen molar-refractivity contribution in [1.82, 2.24) is 9.78 Å². The highest BCUT2D eigenvalue weighted by Gasteiger charge is 2.33. The van der Waals surface area contributed by atoms with Crippen molar-refractivity contribution in [2.75, 3.05) is 13.7 Å². The standard InChI is InChI=1S/C11H19N3O2/c1-7-4-5-16-11(7)9(12)10-8(15-3)6-13-14(10)2/h6-7,9,11H,4-5,12H2,1-3H3. The lowest BCUT2D eigenvalue weighted by atomic mass is 9.96. The van der Waals surface area contributed by atoms with Gasteiger partial charge in [0.2, 0.25) is 0 Å². The van der Waals surface area contributed by atoms with Gasteiger partial charge in [-0.1, -0.05) is 6.92 Å². The third kappa shape index (κ3) is 1.81. The van der Waals surface area contributed by atoms with Crippen molar-refractivity contribution in [1.29, 1.82) is 0 Å². The highest BCUT2D eigenvalue weighted by Crippen LogP contribution is 2.33. The summed E-state index contributed by atoms with van der Waals surface area (Å²) in [4.78, 5) is 0. The minimum Gasteiger partial charge on any atom is -0.493 e. The van der Waals surface area contributed by atoms with Gasteiger partial charge in [0.1, 0.15) is 0 Å². The van der Waals surface area contributed by atoms with E-state index < -0.39 is 0 Å². The monoisotopic (exact) mass is 225 g/mol. The lowest BCUT2D eigenvalue weighted by molar-refractivity contribution is 0.0695. The van der Waals surface area contributed by atoms with Gasteiger partial charge in [0.05, 0.1) is 31.1 Å². The van der Waals surface area contributed by atoms with Crippen LogP contribution in [0.3, 0.4) is 0 Å². The van der Waals surface area contributed by atoms with Gasteiger partial charge >= 0.3 is 0 Å². The summed E-state index contributed by atoms with van der Waals surface area (Å²) in [6.07, 6.45) is 2.82. The zero-order chi connectivity index (χ0) is 11.7. The number of ether oxygens (including phenoxy) is 2. The third-order valence-electron chi connectivity index (χ3n) is 3.28. The minimum absolute atomic E-state index is 0.0595. The van der Waals surface area contributed by atoms with Crippen LogP contribution in [0.2, 0.25) is 0 Å². The van der Waals surface area contributed by atoms with Crippen LogP contribution < -0.4 is 10.5 Å². The van der Waals surface area contributed by atoms with Gasteiger partial charge in [0, 0.05) is 13.7 Å².